The number of hydrogen-bond acceptors (Lipinski definition) is 2. The molecule has 1 atom stereocenters. The Labute approximate surface area is 89.5 Å². The van der Waals surface area contributed by atoms with E-state index in [9.17, 15) is 0 Å². The van der Waals surface area contributed by atoms with Crippen molar-refractivity contribution in [3.63, 3.8) is 0 Å². The van der Waals surface area contributed by atoms with Crippen LogP contribution in [0.2, 0.25) is 0 Å². The number of rotatable bonds is 2. The van der Waals surface area contributed by atoms with Crippen molar-refractivity contribution < 1.29 is 0 Å². The van der Waals surface area contributed by atoms with Crippen molar-refractivity contribution in [3.05, 3.63) is 42.1 Å². The van der Waals surface area contributed by atoms with Crippen molar-refractivity contribution in [3.8, 4) is 11.3 Å². The minimum Gasteiger partial charge on any atom is -0.324 e. The van der Waals surface area contributed by atoms with E-state index in [4.69, 9.17) is 5.73 Å². The molecular weight excluding hydrogens is 186 g/mol. The van der Waals surface area contributed by atoms with Crippen LogP contribution in [0.25, 0.3) is 11.3 Å². The molecule has 0 saturated carbocycles. The maximum absolute atomic E-state index is 5.94. The lowest BCUT2D eigenvalue weighted by atomic mass is 10.00. The van der Waals surface area contributed by atoms with Crippen LogP contribution in [0.15, 0.2) is 36.5 Å². The van der Waals surface area contributed by atoms with Crippen molar-refractivity contribution in [2.75, 3.05) is 0 Å². The first kappa shape index (κ1) is 9.93. The van der Waals surface area contributed by atoms with Gasteiger partial charge in [0.2, 0.25) is 0 Å². The molecule has 0 spiro atoms. The first-order valence-electron chi connectivity index (χ1n) is 5.03. The smallest absolute Gasteiger partial charge is 0.0682 e. The summed E-state index contributed by atoms with van der Waals surface area (Å²) in [5.41, 5.74) is 9.35. The maximum Gasteiger partial charge on any atom is 0.0682 e. The Morgan fingerprint density at radius 1 is 1.27 bits per heavy atom. The monoisotopic (exact) mass is 201 g/mol. The Bertz CT molecular complexity index is 457. The summed E-state index contributed by atoms with van der Waals surface area (Å²) < 4.78 is 1.86. The van der Waals surface area contributed by atoms with E-state index < -0.39 is 0 Å². The Morgan fingerprint density at radius 3 is 2.60 bits per heavy atom. The number of benzene rings is 1. The zero-order chi connectivity index (χ0) is 10.8. The van der Waals surface area contributed by atoms with Gasteiger partial charge in [0.1, 0.15) is 0 Å². The van der Waals surface area contributed by atoms with E-state index in [1.807, 2.05) is 36.9 Å². The average molecular weight is 201 g/mol. The van der Waals surface area contributed by atoms with Crippen LogP contribution >= 0.6 is 0 Å². The van der Waals surface area contributed by atoms with E-state index in [-0.39, 0.29) is 6.04 Å². The molecule has 0 amide bonds. The molecule has 0 aliphatic rings. The fraction of sp³-hybridized carbons (Fsp3) is 0.250. The molecule has 0 aliphatic heterocycles. The molecule has 0 fully saturated rings. The Hall–Kier alpha value is -1.61. The van der Waals surface area contributed by atoms with Gasteiger partial charge in [-0.25, -0.2) is 0 Å². The molecule has 0 radical (unpaired) electrons. The fourth-order valence-corrected chi connectivity index (χ4v) is 1.77. The highest BCUT2D eigenvalue weighted by atomic mass is 15.3. The maximum atomic E-state index is 5.94. The molecule has 78 valence electrons. The first-order chi connectivity index (χ1) is 7.20. The summed E-state index contributed by atoms with van der Waals surface area (Å²) in [7, 11) is 1.94. The largest absolute Gasteiger partial charge is 0.324 e. The molecule has 2 N–H and O–H groups in total. The highest BCUT2D eigenvalue weighted by Crippen LogP contribution is 2.26. The molecule has 2 rings (SSSR count). The second kappa shape index (κ2) is 3.87. The third-order valence-corrected chi connectivity index (χ3v) is 2.55. The summed E-state index contributed by atoms with van der Waals surface area (Å²) in [4.78, 5) is 0. The number of nitrogens with two attached hydrogens (primary N) is 1. The van der Waals surface area contributed by atoms with E-state index >= 15 is 0 Å². The highest BCUT2D eigenvalue weighted by Gasteiger charge is 2.10. The quantitative estimate of drug-likeness (QED) is 0.808. The molecular formula is C12H15N3. The molecule has 1 aromatic heterocycles. The summed E-state index contributed by atoms with van der Waals surface area (Å²) in [6, 6.07) is 10.2. The summed E-state index contributed by atoms with van der Waals surface area (Å²) in [5, 5.41) is 4.17. The molecule has 1 unspecified atom stereocenters. The van der Waals surface area contributed by atoms with E-state index in [2.05, 4.69) is 17.2 Å². The van der Waals surface area contributed by atoms with Crippen LogP contribution in [-0.2, 0) is 7.05 Å². The van der Waals surface area contributed by atoms with Gasteiger partial charge in [-0.15, -0.1) is 0 Å². The minimum atomic E-state index is 0.0381. The molecule has 3 heteroatoms. The number of hydrogen-bond donors (Lipinski definition) is 1. The predicted octanol–water partition coefficient (Wildman–Crippen LogP) is 2.11. The Kier molecular flexibility index (Phi) is 2.56. The van der Waals surface area contributed by atoms with Gasteiger partial charge >= 0.3 is 0 Å². The Morgan fingerprint density at radius 2 is 2.00 bits per heavy atom. The summed E-state index contributed by atoms with van der Waals surface area (Å²) in [6.07, 6.45) is 1.80. The molecule has 0 saturated heterocycles. The zero-order valence-electron chi connectivity index (χ0n) is 9.01. The first-order valence-corrected chi connectivity index (χ1v) is 5.03. The van der Waals surface area contributed by atoms with Crippen LogP contribution in [0.4, 0.5) is 0 Å². The molecule has 1 aromatic carbocycles. The van der Waals surface area contributed by atoms with Crippen molar-refractivity contribution in [1.29, 1.82) is 0 Å². The van der Waals surface area contributed by atoms with Gasteiger partial charge in [0, 0.05) is 24.8 Å². The van der Waals surface area contributed by atoms with Crippen molar-refractivity contribution >= 4 is 0 Å². The van der Waals surface area contributed by atoms with Crippen LogP contribution in [0.3, 0.4) is 0 Å². The van der Waals surface area contributed by atoms with Crippen LogP contribution in [0.5, 0.6) is 0 Å². The van der Waals surface area contributed by atoms with Gasteiger partial charge in [0.25, 0.3) is 0 Å². The fourth-order valence-electron chi connectivity index (χ4n) is 1.77. The Balaban J connectivity index is 2.58. The average Bonchev–Trinajstić information content (AvgIpc) is 2.64. The summed E-state index contributed by atoms with van der Waals surface area (Å²) in [6.45, 7) is 2.00. The molecule has 1 heterocycles. The van der Waals surface area contributed by atoms with Crippen molar-refractivity contribution in [2.45, 2.75) is 13.0 Å². The molecule has 15 heavy (non-hydrogen) atoms. The highest BCUT2D eigenvalue weighted by molar-refractivity contribution is 5.64. The number of nitrogens with zero attached hydrogens (tertiary/aromatic N) is 2. The van der Waals surface area contributed by atoms with Crippen LogP contribution in [0.1, 0.15) is 18.5 Å². The van der Waals surface area contributed by atoms with Crippen LogP contribution < -0.4 is 5.73 Å². The van der Waals surface area contributed by atoms with Crippen LogP contribution in [-0.4, -0.2) is 9.78 Å². The molecule has 0 aliphatic carbocycles. The van der Waals surface area contributed by atoms with Gasteiger partial charge in [-0.05, 0) is 18.6 Å². The minimum absolute atomic E-state index is 0.0381. The van der Waals surface area contributed by atoms with Gasteiger partial charge in [-0.2, -0.15) is 5.10 Å². The van der Waals surface area contributed by atoms with Gasteiger partial charge in [0.05, 0.1) is 5.69 Å². The third kappa shape index (κ3) is 1.78. The van der Waals surface area contributed by atoms with Gasteiger partial charge in [-0.1, -0.05) is 24.3 Å². The van der Waals surface area contributed by atoms with E-state index in [0.717, 1.165) is 16.8 Å². The second-order valence-corrected chi connectivity index (χ2v) is 3.72. The van der Waals surface area contributed by atoms with Gasteiger partial charge < -0.3 is 5.73 Å². The lowest BCUT2D eigenvalue weighted by Gasteiger charge is -2.12. The molecule has 0 bridgehead atoms. The third-order valence-electron chi connectivity index (χ3n) is 2.55. The molecule has 2 aromatic rings. The summed E-state index contributed by atoms with van der Waals surface area (Å²) >= 11 is 0. The van der Waals surface area contributed by atoms with E-state index in [1.54, 1.807) is 6.20 Å². The topological polar surface area (TPSA) is 43.8 Å². The van der Waals surface area contributed by atoms with Crippen molar-refractivity contribution in [2.24, 2.45) is 12.8 Å². The van der Waals surface area contributed by atoms with Gasteiger partial charge in [-0.3, -0.25) is 4.68 Å². The second-order valence-electron chi connectivity index (χ2n) is 3.72. The standard InChI is InChI=1S/C12H15N3/c1-9(13)10-5-3-4-6-11(10)12-7-8-14-15(12)2/h3-9H,13H2,1-2H3. The zero-order valence-corrected chi connectivity index (χ0v) is 9.01. The van der Waals surface area contributed by atoms with E-state index in [0.29, 0.717) is 0 Å². The predicted molar refractivity (Wildman–Crippen MR) is 61.2 cm³/mol. The lowest BCUT2D eigenvalue weighted by molar-refractivity contribution is 0.768. The number of aryl methyl sites for hydroxylation is 1. The van der Waals surface area contributed by atoms with Crippen LogP contribution in [0, 0.1) is 0 Å². The van der Waals surface area contributed by atoms with Crippen molar-refractivity contribution in [1.82, 2.24) is 9.78 Å². The normalized spacial score (nSPS) is 12.7. The SMILES string of the molecule is CC(N)c1ccccc1-c1ccnn1C. The number of aromatic nitrogens is 2. The molecule has 3 nitrogen and oxygen atoms in total. The van der Waals surface area contributed by atoms with Gasteiger partial charge in [0.15, 0.2) is 0 Å². The lowest BCUT2D eigenvalue weighted by Crippen LogP contribution is -2.07. The van der Waals surface area contributed by atoms with E-state index in [1.165, 1.54) is 0 Å². The summed E-state index contributed by atoms with van der Waals surface area (Å²) in [5.74, 6) is 0.